The summed E-state index contributed by atoms with van der Waals surface area (Å²) in [5, 5.41) is 0.0159. The summed E-state index contributed by atoms with van der Waals surface area (Å²) in [6.45, 7) is 0.717. The second-order valence-corrected chi connectivity index (χ2v) is 8.24. The van der Waals surface area contributed by atoms with Crippen LogP contribution in [0.25, 0.3) is 11.0 Å². The molecule has 2 heterocycles. The summed E-state index contributed by atoms with van der Waals surface area (Å²) in [5.41, 5.74) is -0.556. The van der Waals surface area contributed by atoms with Gasteiger partial charge in [-0.3, -0.25) is 9.69 Å². The molecule has 174 valence electrons. The molecule has 0 saturated heterocycles. The van der Waals surface area contributed by atoms with Crippen LogP contribution in [-0.2, 0) is 12.7 Å². The Morgan fingerprint density at radius 3 is 2.39 bits per heavy atom. The van der Waals surface area contributed by atoms with Crippen molar-refractivity contribution in [1.29, 1.82) is 0 Å². The number of ether oxygens (including phenoxy) is 3. The van der Waals surface area contributed by atoms with E-state index in [1.54, 1.807) is 6.07 Å². The van der Waals surface area contributed by atoms with Gasteiger partial charge in [-0.2, -0.15) is 13.2 Å². The van der Waals surface area contributed by atoms with E-state index in [0.717, 1.165) is 25.7 Å². The highest BCUT2D eigenvalue weighted by Gasteiger charge is 2.41. The van der Waals surface area contributed by atoms with Crippen molar-refractivity contribution in [3.05, 3.63) is 57.9 Å². The van der Waals surface area contributed by atoms with Crippen LogP contribution in [0.2, 0.25) is 0 Å². The van der Waals surface area contributed by atoms with E-state index in [1.165, 1.54) is 37.4 Å². The molecule has 1 aromatic heterocycles. The van der Waals surface area contributed by atoms with Crippen molar-refractivity contribution in [1.82, 2.24) is 4.90 Å². The van der Waals surface area contributed by atoms with E-state index in [0.29, 0.717) is 36.4 Å². The number of hydrogen-bond donors (Lipinski definition) is 0. The zero-order chi connectivity index (χ0) is 23.2. The lowest BCUT2D eigenvalue weighted by molar-refractivity contribution is -0.154. The molecule has 0 N–H and O–H groups in total. The Morgan fingerprint density at radius 2 is 1.73 bits per heavy atom. The second-order valence-electron chi connectivity index (χ2n) is 8.24. The van der Waals surface area contributed by atoms with Gasteiger partial charge < -0.3 is 18.6 Å². The summed E-state index contributed by atoms with van der Waals surface area (Å²) in [4.78, 5) is 15.3. The average molecular weight is 461 g/mol. The number of nitrogens with zero attached hydrogens (tertiary/aromatic N) is 1. The van der Waals surface area contributed by atoms with E-state index >= 15 is 0 Å². The van der Waals surface area contributed by atoms with Gasteiger partial charge in [-0.1, -0.05) is 12.8 Å². The van der Waals surface area contributed by atoms with Gasteiger partial charge in [-0.05, 0) is 49.2 Å². The van der Waals surface area contributed by atoms with Gasteiger partial charge in [0.15, 0.2) is 0 Å². The zero-order valence-electron chi connectivity index (χ0n) is 17.9. The third-order valence-corrected chi connectivity index (χ3v) is 6.20. The number of methoxy groups -OCH3 is 1. The van der Waals surface area contributed by atoms with Crippen LogP contribution in [0.5, 0.6) is 23.0 Å². The largest absolute Gasteiger partial charge is 0.497 e. The quantitative estimate of drug-likeness (QED) is 0.496. The lowest BCUT2D eigenvalue weighted by atomic mass is 10.1. The molecular formula is C24H22F3NO5. The molecule has 5 rings (SSSR count). The summed E-state index contributed by atoms with van der Waals surface area (Å²) in [7, 11) is 1.47. The van der Waals surface area contributed by atoms with E-state index in [9.17, 15) is 18.0 Å². The molecular weight excluding hydrogens is 439 g/mol. The maximum atomic E-state index is 14.0. The highest BCUT2D eigenvalue weighted by Crippen LogP contribution is 2.41. The van der Waals surface area contributed by atoms with Crippen molar-refractivity contribution in [3.63, 3.8) is 0 Å². The van der Waals surface area contributed by atoms with Crippen LogP contribution in [0.1, 0.15) is 37.0 Å². The highest BCUT2D eigenvalue weighted by molar-refractivity contribution is 5.84. The van der Waals surface area contributed by atoms with Crippen molar-refractivity contribution in [2.45, 2.75) is 44.4 Å². The molecule has 0 unspecified atom stereocenters. The number of halogens is 3. The van der Waals surface area contributed by atoms with Gasteiger partial charge in [0.2, 0.25) is 11.2 Å². The van der Waals surface area contributed by atoms with Crippen molar-refractivity contribution >= 4 is 11.0 Å². The fourth-order valence-corrected chi connectivity index (χ4v) is 4.51. The van der Waals surface area contributed by atoms with Crippen LogP contribution >= 0.6 is 0 Å². The van der Waals surface area contributed by atoms with Crippen molar-refractivity contribution in [2.24, 2.45) is 0 Å². The number of alkyl halides is 3. The molecule has 1 saturated carbocycles. The van der Waals surface area contributed by atoms with Gasteiger partial charge in [0.05, 0.1) is 18.1 Å². The third kappa shape index (κ3) is 4.01. The minimum absolute atomic E-state index is 0.0159. The van der Waals surface area contributed by atoms with Crippen LogP contribution < -0.4 is 19.6 Å². The van der Waals surface area contributed by atoms with Crippen molar-refractivity contribution < 1.29 is 31.8 Å². The fraction of sp³-hybridized carbons (Fsp3) is 0.375. The first kappa shape index (κ1) is 21.6. The molecule has 1 aliphatic heterocycles. The second kappa shape index (κ2) is 8.30. The average Bonchev–Trinajstić information content (AvgIpc) is 3.35. The number of hydrogen-bond acceptors (Lipinski definition) is 6. The van der Waals surface area contributed by atoms with Gasteiger partial charge in [-0.15, -0.1) is 0 Å². The Morgan fingerprint density at radius 1 is 1.03 bits per heavy atom. The minimum Gasteiger partial charge on any atom is -0.497 e. The maximum Gasteiger partial charge on any atom is 0.453 e. The third-order valence-electron chi connectivity index (χ3n) is 6.20. The van der Waals surface area contributed by atoms with Crippen LogP contribution in [0.4, 0.5) is 13.2 Å². The van der Waals surface area contributed by atoms with E-state index in [4.69, 9.17) is 18.6 Å². The normalized spacial score (nSPS) is 17.1. The summed E-state index contributed by atoms with van der Waals surface area (Å²) >= 11 is 0. The van der Waals surface area contributed by atoms with E-state index < -0.39 is 23.1 Å². The number of benzene rings is 2. The number of rotatable bonds is 4. The Balaban J connectivity index is 1.61. The molecule has 6 nitrogen and oxygen atoms in total. The van der Waals surface area contributed by atoms with Crippen LogP contribution in [0.3, 0.4) is 0 Å². The first-order valence-electron chi connectivity index (χ1n) is 10.7. The summed E-state index contributed by atoms with van der Waals surface area (Å²) in [5.74, 6) is -1.38. The van der Waals surface area contributed by atoms with Gasteiger partial charge in [0, 0.05) is 12.6 Å². The van der Waals surface area contributed by atoms with Crippen LogP contribution in [-0.4, -0.2) is 24.8 Å². The van der Waals surface area contributed by atoms with Gasteiger partial charge in [-0.25, -0.2) is 0 Å². The zero-order valence-corrected chi connectivity index (χ0v) is 17.9. The van der Waals surface area contributed by atoms with Gasteiger partial charge in [0.25, 0.3) is 5.76 Å². The predicted octanol–water partition coefficient (Wildman–Crippen LogP) is 5.71. The Bertz CT molecular complexity index is 1230. The molecule has 3 aromatic rings. The maximum absolute atomic E-state index is 14.0. The summed E-state index contributed by atoms with van der Waals surface area (Å²) in [6.07, 6.45) is -0.674. The Hall–Kier alpha value is -3.20. The SMILES string of the molecule is COc1ccc(Oc2c(C(F)(F)F)oc3c4c(ccc3c2=O)OCN(C2CCCC2)C4)cc1. The van der Waals surface area contributed by atoms with Gasteiger partial charge in [0.1, 0.15) is 29.6 Å². The van der Waals surface area contributed by atoms with E-state index in [-0.39, 0.29) is 16.7 Å². The lowest BCUT2D eigenvalue weighted by Crippen LogP contribution is -2.39. The molecule has 2 aliphatic rings. The standard InChI is InChI=1S/C24H22F3NO5/c1-30-15-6-8-16(9-7-15)32-22-20(29)17-10-11-19-18(21(17)33-23(22)24(25,26)27)12-28(13-31-19)14-4-2-3-5-14/h6-11,14H,2-5,12-13H2,1H3. The lowest BCUT2D eigenvalue weighted by Gasteiger charge is -2.33. The molecule has 1 aliphatic carbocycles. The van der Waals surface area contributed by atoms with E-state index in [1.807, 2.05) is 0 Å². The first-order chi connectivity index (χ1) is 15.8. The molecule has 0 bridgehead atoms. The summed E-state index contributed by atoms with van der Waals surface area (Å²) in [6, 6.07) is 9.22. The first-order valence-corrected chi connectivity index (χ1v) is 10.7. The topological polar surface area (TPSA) is 61.1 Å². The number of fused-ring (bicyclic) bond motifs is 3. The molecule has 33 heavy (non-hydrogen) atoms. The Kier molecular flexibility index (Phi) is 5.44. The Labute approximate surface area is 187 Å². The van der Waals surface area contributed by atoms with Crippen molar-refractivity contribution in [2.75, 3.05) is 13.8 Å². The minimum atomic E-state index is -4.93. The van der Waals surface area contributed by atoms with Crippen LogP contribution in [0.15, 0.2) is 45.6 Å². The molecule has 0 radical (unpaired) electrons. The summed E-state index contributed by atoms with van der Waals surface area (Å²) < 4.78 is 63.5. The smallest absolute Gasteiger partial charge is 0.453 e. The van der Waals surface area contributed by atoms with Crippen LogP contribution in [0, 0.1) is 0 Å². The molecule has 0 spiro atoms. The predicted molar refractivity (Wildman–Crippen MR) is 114 cm³/mol. The molecule has 0 amide bonds. The highest BCUT2D eigenvalue weighted by atomic mass is 19.4. The molecule has 2 aromatic carbocycles. The molecule has 9 heteroatoms. The molecule has 0 atom stereocenters. The van der Waals surface area contributed by atoms with Crippen molar-refractivity contribution in [3.8, 4) is 23.0 Å². The van der Waals surface area contributed by atoms with Gasteiger partial charge >= 0.3 is 6.18 Å². The van der Waals surface area contributed by atoms with E-state index in [2.05, 4.69) is 4.90 Å². The fourth-order valence-electron chi connectivity index (χ4n) is 4.51. The monoisotopic (exact) mass is 461 g/mol. The molecule has 1 fully saturated rings.